The second kappa shape index (κ2) is 6.13. The Morgan fingerprint density at radius 1 is 1.21 bits per heavy atom. The molecule has 4 saturated carbocycles. The standard InChI is InChI=1S/C22H32O6/c1-11-17-13(28-12(2)24)8-15-21(4)7-5-6-20(3,10-23)14(21)9-16(25)22(15,18(11)26)19(17)27/h13-17,19,23,25,27H,1,5-10H2,2-4H3/t13-,14+,15-,16+,17+,19+,20+,21+,22-/m0/s1. The summed E-state index contributed by atoms with van der Waals surface area (Å²) in [6.07, 6.45) is 0.732. The number of ether oxygens (including phenoxy) is 1. The average molecular weight is 392 g/mol. The van der Waals surface area contributed by atoms with E-state index in [1.807, 2.05) is 0 Å². The summed E-state index contributed by atoms with van der Waals surface area (Å²) >= 11 is 0. The predicted molar refractivity (Wildman–Crippen MR) is 101 cm³/mol. The van der Waals surface area contributed by atoms with Crippen LogP contribution < -0.4 is 0 Å². The lowest BCUT2D eigenvalue weighted by atomic mass is 9.39. The number of hydrogen-bond acceptors (Lipinski definition) is 6. The summed E-state index contributed by atoms with van der Waals surface area (Å²) in [6, 6.07) is 0. The first kappa shape index (κ1) is 20.0. The van der Waals surface area contributed by atoms with Crippen LogP contribution in [0.2, 0.25) is 0 Å². The largest absolute Gasteiger partial charge is 0.462 e. The molecule has 0 aliphatic heterocycles. The highest BCUT2D eigenvalue weighted by atomic mass is 16.5. The second-order valence-corrected chi connectivity index (χ2v) is 10.2. The lowest BCUT2D eigenvalue weighted by Crippen LogP contribution is -2.69. The van der Waals surface area contributed by atoms with Crippen molar-refractivity contribution in [2.45, 2.75) is 71.2 Å². The van der Waals surface area contributed by atoms with Gasteiger partial charge in [0.25, 0.3) is 0 Å². The van der Waals surface area contributed by atoms with Gasteiger partial charge in [-0.05, 0) is 53.9 Å². The van der Waals surface area contributed by atoms with E-state index < -0.39 is 35.6 Å². The summed E-state index contributed by atoms with van der Waals surface area (Å²) in [7, 11) is 0. The van der Waals surface area contributed by atoms with Crippen molar-refractivity contribution >= 4 is 11.8 Å². The van der Waals surface area contributed by atoms with Crippen LogP contribution in [-0.2, 0) is 14.3 Å². The predicted octanol–water partition coefficient (Wildman–Crippen LogP) is 1.61. The molecule has 4 aliphatic rings. The van der Waals surface area contributed by atoms with E-state index in [4.69, 9.17) is 4.74 Å². The normalized spacial score (nSPS) is 52.8. The molecule has 6 heteroatoms. The van der Waals surface area contributed by atoms with Gasteiger partial charge < -0.3 is 20.1 Å². The number of aliphatic hydroxyl groups excluding tert-OH is 3. The minimum Gasteiger partial charge on any atom is -0.462 e. The van der Waals surface area contributed by atoms with Crippen LogP contribution in [0.25, 0.3) is 0 Å². The molecule has 6 nitrogen and oxygen atoms in total. The van der Waals surface area contributed by atoms with E-state index in [2.05, 4.69) is 20.4 Å². The van der Waals surface area contributed by atoms with Crippen LogP contribution in [-0.4, -0.2) is 52.0 Å². The Labute approximate surface area is 166 Å². The number of esters is 1. The lowest BCUT2D eigenvalue weighted by Gasteiger charge is -2.65. The Hall–Kier alpha value is -1.24. The third-order valence-electron chi connectivity index (χ3n) is 8.95. The SMILES string of the molecule is C=C1C(=O)[C@@]23[C@H](O)C[C@@H]4[C@@](C)(CO)CCC[C@@]4(C)[C@@H]2C[C@H](OC(C)=O)[C@@H]1[C@H]3O. The molecule has 4 aliphatic carbocycles. The number of fused-ring (bicyclic) bond motifs is 3. The molecule has 0 radical (unpaired) electrons. The van der Waals surface area contributed by atoms with Crippen LogP contribution >= 0.6 is 0 Å². The molecule has 4 rings (SSSR count). The molecule has 0 aromatic heterocycles. The van der Waals surface area contributed by atoms with Crippen molar-refractivity contribution < 1.29 is 29.6 Å². The first-order chi connectivity index (χ1) is 13.0. The summed E-state index contributed by atoms with van der Waals surface area (Å²) in [5.41, 5.74) is -1.70. The summed E-state index contributed by atoms with van der Waals surface area (Å²) in [6.45, 7) is 9.47. The smallest absolute Gasteiger partial charge is 0.302 e. The van der Waals surface area contributed by atoms with E-state index in [1.165, 1.54) is 6.92 Å². The molecule has 4 fully saturated rings. The van der Waals surface area contributed by atoms with Crippen molar-refractivity contribution in [1.82, 2.24) is 0 Å². The molecule has 0 saturated heterocycles. The molecule has 3 N–H and O–H groups in total. The van der Waals surface area contributed by atoms with Crippen molar-refractivity contribution in [3.63, 3.8) is 0 Å². The van der Waals surface area contributed by atoms with Crippen LogP contribution in [0.4, 0.5) is 0 Å². The summed E-state index contributed by atoms with van der Waals surface area (Å²) in [5, 5.41) is 32.7. The van der Waals surface area contributed by atoms with Crippen molar-refractivity contribution in [2.75, 3.05) is 6.61 Å². The maximum absolute atomic E-state index is 13.4. The van der Waals surface area contributed by atoms with E-state index >= 15 is 0 Å². The molecule has 0 heterocycles. The van der Waals surface area contributed by atoms with Gasteiger partial charge in [0.1, 0.15) is 6.10 Å². The summed E-state index contributed by atoms with van der Waals surface area (Å²) in [4.78, 5) is 25.1. The number of rotatable bonds is 2. The van der Waals surface area contributed by atoms with Crippen LogP contribution in [0, 0.1) is 34.0 Å². The Bertz CT molecular complexity index is 733. The number of aliphatic hydroxyl groups is 3. The van der Waals surface area contributed by atoms with Gasteiger partial charge in [-0.15, -0.1) is 0 Å². The van der Waals surface area contributed by atoms with Gasteiger partial charge in [0.2, 0.25) is 0 Å². The van der Waals surface area contributed by atoms with Gasteiger partial charge >= 0.3 is 5.97 Å². The molecule has 9 atom stereocenters. The van der Waals surface area contributed by atoms with Crippen LogP contribution in [0.5, 0.6) is 0 Å². The fraction of sp³-hybridized carbons (Fsp3) is 0.818. The first-order valence-corrected chi connectivity index (χ1v) is 10.4. The number of carbonyl (C=O) groups excluding carboxylic acids is 2. The highest BCUT2D eigenvalue weighted by Crippen LogP contribution is 2.71. The molecule has 0 amide bonds. The van der Waals surface area contributed by atoms with E-state index in [9.17, 15) is 24.9 Å². The molecule has 156 valence electrons. The van der Waals surface area contributed by atoms with Gasteiger partial charge in [-0.25, -0.2) is 0 Å². The van der Waals surface area contributed by atoms with Crippen molar-refractivity contribution in [3.8, 4) is 0 Å². The average Bonchev–Trinajstić information content (AvgIpc) is 2.74. The van der Waals surface area contributed by atoms with Crippen molar-refractivity contribution in [2.24, 2.45) is 34.0 Å². The maximum atomic E-state index is 13.4. The van der Waals surface area contributed by atoms with Gasteiger partial charge in [-0.3, -0.25) is 9.59 Å². The first-order valence-electron chi connectivity index (χ1n) is 10.4. The van der Waals surface area contributed by atoms with Gasteiger partial charge in [-0.1, -0.05) is 26.8 Å². The molecule has 0 unspecified atom stereocenters. The Morgan fingerprint density at radius 3 is 2.50 bits per heavy atom. The van der Waals surface area contributed by atoms with Crippen molar-refractivity contribution in [3.05, 3.63) is 12.2 Å². The Kier molecular flexibility index (Phi) is 4.39. The van der Waals surface area contributed by atoms with Crippen LogP contribution in [0.15, 0.2) is 12.2 Å². The quantitative estimate of drug-likeness (QED) is 0.487. The molecule has 2 bridgehead atoms. The van der Waals surface area contributed by atoms with Crippen LogP contribution in [0.3, 0.4) is 0 Å². The fourth-order valence-electron chi connectivity index (χ4n) is 7.74. The molecule has 0 aromatic carbocycles. The van der Waals surface area contributed by atoms with Gasteiger partial charge in [0, 0.05) is 13.5 Å². The summed E-state index contributed by atoms with van der Waals surface area (Å²) < 4.78 is 5.55. The number of carbonyl (C=O) groups is 2. The minimum atomic E-state index is -1.28. The van der Waals surface area contributed by atoms with E-state index in [1.54, 1.807) is 0 Å². The highest BCUT2D eigenvalue weighted by Gasteiger charge is 2.76. The highest BCUT2D eigenvalue weighted by molar-refractivity contribution is 6.04. The number of ketones is 1. The lowest BCUT2D eigenvalue weighted by molar-refractivity contribution is -0.244. The Balaban J connectivity index is 1.87. The summed E-state index contributed by atoms with van der Waals surface area (Å²) in [5.74, 6) is -1.68. The third-order valence-corrected chi connectivity index (χ3v) is 8.95. The van der Waals surface area contributed by atoms with E-state index in [-0.39, 0.29) is 40.6 Å². The zero-order chi connectivity index (χ0) is 20.6. The van der Waals surface area contributed by atoms with Crippen LogP contribution in [0.1, 0.15) is 52.9 Å². The monoisotopic (exact) mass is 392 g/mol. The maximum Gasteiger partial charge on any atom is 0.302 e. The zero-order valence-electron chi connectivity index (χ0n) is 17.0. The van der Waals surface area contributed by atoms with Crippen molar-refractivity contribution in [1.29, 1.82) is 0 Å². The molecular weight excluding hydrogens is 360 g/mol. The van der Waals surface area contributed by atoms with E-state index in [0.717, 1.165) is 19.3 Å². The molecule has 28 heavy (non-hydrogen) atoms. The topological polar surface area (TPSA) is 104 Å². The minimum absolute atomic E-state index is 0.0211. The molecule has 1 spiro atoms. The zero-order valence-corrected chi connectivity index (χ0v) is 17.0. The van der Waals surface area contributed by atoms with Gasteiger partial charge in [0.05, 0.1) is 23.5 Å². The number of hydrogen-bond donors (Lipinski definition) is 3. The molecule has 0 aromatic rings. The fourth-order valence-corrected chi connectivity index (χ4v) is 7.74. The third kappa shape index (κ3) is 2.20. The molecular formula is C22H32O6. The second-order valence-electron chi connectivity index (χ2n) is 10.2. The van der Waals surface area contributed by atoms with Gasteiger partial charge in [0.15, 0.2) is 5.78 Å². The number of Topliss-reactive ketones (excluding diaryl/α,β-unsaturated/α-hetero) is 1. The van der Waals surface area contributed by atoms with Gasteiger partial charge in [-0.2, -0.15) is 0 Å². The van der Waals surface area contributed by atoms with E-state index in [0.29, 0.717) is 12.8 Å². The Morgan fingerprint density at radius 2 is 1.89 bits per heavy atom.